The van der Waals surface area contributed by atoms with Gasteiger partial charge < -0.3 is 9.47 Å². The van der Waals surface area contributed by atoms with Crippen LogP contribution in [0.25, 0.3) is 22.3 Å². The lowest BCUT2D eigenvalue weighted by atomic mass is 9.78. The van der Waals surface area contributed by atoms with E-state index in [0.29, 0.717) is 0 Å². The second kappa shape index (κ2) is 6.43. The minimum atomic E-state index is -0.944. The molecular weight excluding hydrogens is 324 g/mol. The summed E-state index contributed by atoms with van der Waals surface area (Å²) in [5.41, 5.74) is 5.30. The Labute approximate surface area is 153 Å². The van der Waals surface area contributed by atoms with Gasteiger partial charge in [0.1, 0.15) is 5.41 Å². The standard InChI is InChI=1S/C23H20O3/c1-25-15-23(22(24)26-2)19-13-7-6-11-18(19)21-17(12-8-14-20(21)23)16-9-4-3-5-10-16/h3-14H,15H2,1-2H3. The van der Waals surface area contributed by atoms with Gasteiger partial charge in [-0.25, -0.2) is 0 Å². The number of hydrogen-bond acceptors (Lipinski definition) is 3. The molecule has 0 bridgehead atoms. The average Bonchev–Trinajstić information content (AvgIpc) is 3.00. The van der Waals surface area contributed by atoms with E-state index in [1.54, 1.807) is 7.11 Å². The number of esters is 1. The van der Waals surface area contributed by atoms with Crippen LogP contribution in [0.15, 0.2) is 72.8 Å². The highest BCUT2D eigenvalue weighted by Gasteiger charge is 2.51. The maximum Gasteiger partial charge on any atom is 0.323 e. The van der Waals surface area contributed by atoms with E-state index in [4.69, 9.17) is 9.47 Å². The van der Waals surface area contributed by atoms with Crippen LogP contribution in [0.2, 0.25) is 0 Å². The largest absolute Gasteiger partial charge is 0.468 e. The van der Waals surface area contributed by atoms with Gasteiger partial charge in [0.05, 0.1) is 13.7 Å². The fraction of sp³-hybridized carbons (Fsp3) is 0.174. The molecule has 1 aliphatic rings. The van der Waals surface area contributed by atoms with Crippen molar-refractivity contribution in [1.82, 2.24) is 0 Å². The Morgan fingerprint density at radius 3 is 2.19 bits per heavy atom. The molecular formula is C23H20O3. The molecule has 130 valence electrons. The molecule has 0 saturated carbocycles. The van der Waals surface area contributed by atoms with Crippen molar-refractivity contribution in [3.05, 3.63) is 83.9 Å². The first-order valence-corrected chi connectivity index (χ1v) is 8.60. The van der Waals surface area contributed by atoms with E-state index in [1.807, 2.05) is 48.5 Å². The number of benzene rings is 3. The normalized spacial score (nSPS) is 17.5. The first-order chi connectivity index (χ1) is 12.7. The van der Waals surface area contributed by atoms with Gasteiger partial charge in [0.2, 0.25) is 0 Å². The first kappa shape index (κ1) is 16.6. The highest BCUT2D eigenvalue weighted by molar-refractivity contribution is 6.02. The molecule has 0 aromatic heterocycles. The molecule has 0 radical (unpaired) electrons. The monoisotopic (exact) mass is 344 g/mol. The van der Waals surface area contributed by atoms with Crippen molar-refractivity contribution in [3.63, 3.8) is 0 Å². The van der Waals surface area contributed by atoms with Crippen LogP contribution in [0.5, 0.6) is 0 Å². The van der Waals surface area contributed by atoms with Crippen LogP contribution in [-0.2, 0) is 19.7 Å². The minimum Gasteiger partial charge on any atom is -0.468 e. The quantitative estimate of drug-likeness (QED) is 0.657. The highest BCUT2D eigenvalue weighted by Crippen LogP contribution is 2.52. The van der Waals surface area contributed by atoms with Crippen LogP contribution in [0.4, 0.5) is 0 Å². The van der Waals surface area contributed by atoms with Crippen molar-refractivity contribution in [2.24, 2.45) is 0 Å². The van der Waals surface area contributed by atoms with Crippen LogP contribution in [0.3, 0.4) is 0 Å². The number of methoxy groups -OCH3 is 2. The van der Waals surface area contributed by atoms with Crippen LogP contribution in [-0.4, -0.2) is 26.8 Å². The zero-order chi connectivity index (χ0) is 18.1. The van der Waals surface area contributed by atoms with Gasteiger partial charge in [0.15, 0.2) is 0 Å². The van der Waals surface area contributed by atoms with E-state index in [0.717, 1.165) is 33.4 Å². The highest BCUT2D eigenvalue weighted by atomic mass is 16.5. The molecule has 0 aliphatic heterocycles. The second-order valence-corrected chi connectivity index (χ2v) is 6.47. The second-order valence-electron chi connectivity index (χ2n) is 6.47. The summed E-state index contributed by atoms with van der Waals surface area (Å²) < 4.78 is 10.7. The lowest BCUT2D eigenvalue weighted by Gasteiger charge is -2.28. The molecule has 3 heteroatoms. The van der Waals surface area contributed by atoms with Gasteiger partial charge in [0.25, 0.3) is 0 Å². The molecule has 3 aromatic carbocycles. The number of carbonyl (C=O) groups excluding carboxylic acids is 1. The summed E-state index contributed by atoms with van der Waals surface area (Å²) in [7, 11) is 3.05. The Morgan fingerprint density at radius 1 is 0.808 bits per heavy atom. The number of rotatable bonds is 4. The van der Waals surface area contributed by atoms with Crippen molar-refractivity contribution in [2.45, 2.75) is 5.41 Å². The molecule has 26 heavy (non-hydrogen) atoms. The third kappa shape index (κ3) is 2.21. The lowest BCUT2D eigenvalue weighted by molar-refractivity contribution is -0.147. The van der Waals surface area contributed by atoms with Crippen LogP contribution < -0.4 is 0 Å². The number of fused-ring (bicyclic) bond motifs is 3. The molecule has 3 nitrogen and oxygen atoms in total. The van der Waals surface area contributed by atoms with Gasteiger partial charge in [-0.05, 0) is 33.4 Å². The summed E-state index contributed by atoms with van der Waals surface area (Å²) in [5.74, 6) is -0.296. The molecule has 1 aliphatic carbocycles. The maximum absolute atomic E-state index is 13.0. The smallest absolute Gasteiger partial charge is 0.323 e. The van der Waals surface area contributed by atoms with Gasteiger partial charge in [-0.3, -0.25) is 4.79 Å². The van der Waals surface area contributed by atoms with E-state index in [-0.39, 0.29) is 12.6 Å². The molecule has 0 spiro atoms. The van der Waals surface area contributed by atoms with Gasteiger partial charge in [-0.15, -0.1) is 0 Å². The van der Waals surface area contributed by atoms with E-state index in [2.05, 4.69) is 24.3 Å². The molecule has 4 rings (SSSR count). The molecule has 3 aromatic rings. The SMILES string of the molecule is COCC1(C(=O)OC)c2ccccc2-c2c(-c3ccccc3)cccc21. The molecule has 0 fully saturated rings. The molecule has 0 saturated heterocycles. The van der Waals surface area contributed by atoms with E-state index in [1.165, 1.54) is 7.11 Å². The summed E-state index contributed by atoms with van der Waals surface area (Å²) in [5, 5.41) is 0. The summed E-state index contributed by atoms with van der Waals surface area (Å²) in [6.07, 6.45) is 0. The number of hydrogen-bond donors (Lipinski definition) is 0. The minimum absolute atomic E-state index is 0.238. The van der Waals surface area contributed by atoms with Crippen molar-refractivity contribution in [3.8, 4) is 22.3 Å². The van der Waals surface area contributed by atoms with Gasteiger partial charge in [-0.1, -0.05) is 72.8 Å². The molecule has 0 amide bonds. The van der Waals surface area contributed by atoms with Crippen LogP contribution in [0.1, 0.15) is 11.1 Å². The predicted octanol–water partition coefficient (Wildman–Crippen LogP) is 4.44. The van der Waals surface area contributed by atoms with Gasteiger partial charge in [0, 0.05) is 7.11 Å². The Kier molecular flexibility index (Phi) is 4.09. The Hall–Kier alpha value is -2.91. The van der Waals surface area contributed by atoms with Crippen molar-refractivity contribution in [1.29, 1.82) is 0 Å². The van der Waals surface area contributed by atoms with Crippen LogP contribution >= 0.6 is 0 Å². The third-order valence-electron chi connectivity index (χ3n) is 5.16. The third-order valence-corrected chi connectivity index (χ3v) is 5.16. The Balaban J connectivity index is 2.09. The van der Waals surface area contributed by atoms with E-state index < -0.39 is 5.41 Å². The fourth-order valence-corrected chi connectivity index (χ4v) is 4.10. The summed E-state index contributed by atoms with van der Waals surface area (Å²) in [6.45, 7) is 0.238. The van der Waals surface area contributed by atoms with Crippen molar-refractivity contribution < 1.29 is 14.3 Å². The van der Waals surface area contributed by atoms with Gasteiger partial charge in [-0.2, -0.15) is 0 Å². The van der Waals surface area contributed by atoms with E-state index >= 15 is 0 Å². The van der Waals surface area contributed by atoms with E-state index in [9.17, 15) is 4.79 Å². The summed E-state index contributed by atoms with van der Waals surface area (Å²) in [4.78, 5) is 13.0. The van der Waals surface area contributed by atoms with Crippen molar-refractivity contribution in [2.75, 3.05) is 20.8 Å². The fourth-order valence-electron chi connectivity index (χ4n) is 4.10. The molecule has 0 N–H and O–H groups in total. The number of carbonyl (C=O) groups is 1. The van der Waals surface area contributed by atoms with Crippen LogP contribution in [0, 0.1) is 0 Å². The van der Waals surface area contributed by atoms with Gasteiger partial charge >= 0.3 is 5.97 Å². The average molecular weight is 344 g/mol. The first-order valence-electron chi connectivity index (χ1n) is 8.60. The Morgan fingerprint density at radius 2 is 1.46 bits per heavy atom. The lowest BCUT2D eigenvalue weighted by Crippen LogP contribution is -2.40. The summed E-state index contributed by atoms with van der Waals surface area (Å²) >= 11 is 0. The van der Waals surface area contributed by atoms with Crippen molar-refractivity contribution >= 4 is 5.97 Å². The summed E-state index contributed by atoms with van der Waals surface area (Å²) in [6, 6.07) is 24.4. The maximum atomic E-state index is 13.0. The Bertz CT molecular complexity index is 962. The topological polar surface area (TPSA) is 35.5 Å². The predicted molar refractivity (Wildman–Crippen MR) is 102 cm³/mol. The molecule has 0 heterocycles. The zero-order valence-electron chi connectivity index (χ0n) is 14.9. The molecule has 1 unspecified atom stereocenters. The zero-order valence-corrected chi connectivity index (χ0v) is 14.9. The molecule has 1 atom stereocenters. The number of ether oxygens (including phenoxy) is 2.